The predicted octanol–water partition coefficient (Wildman–Crippen LogP) is 4.93. The summed E-state index contributed by atoms with van der Waals surface area (Å²) in [7, 11) is 0. The van der Waals surface area contributed by atoms with Gasteiger partial charge >= 0.3 is 0 Å². The first kappa shape index (κ1) is 20.5. The average molecular weight is 375 g/mol. The molecule has 0 unspecified atom stereocenters. The van der Waals surface area contributed by atoms with Gasteiger partial charge in [0.2, 0.25) is 5.95 Å². The summed E-state index contributed by atoms with van der Waals surface area (Å²) in [6.45, 7) is 14.2. The molecule has 0 amide bonds. The van der Waals surface area contributed by atoms with Crippen LogP contribution in [0.4, 0.5) is 5.95 Å². The Bertz CT molecular complexity index is 718. The molecule has 0 aliphatic heterocycles. The molecular weight excluding hydrogens is 344 g/mol. The third-order valence-electron chi connectivity index (χ3n) is 3.71. The number of hydrogen-bond donors (Lipinski definition) is 1. The number of ether oxygens (including phenoxy) is 1. The van der Waals surface area contributed by atoms with Gasteiger partial charge in [-0.3, -0.25) is 0 Å². The quantitative estimate of drug-likeness (QED) is 0.724. The lowest BCUT2D eigenvalue weighted by atomic mass is 9.87. The first-order chi connectivity index (χ1) is 12.1. The minimum atomic E-state index is 0.133. The van der Waals surface area contributed by atoms with Gasteiger partial charge in [-0.1, -0.05) is 65.4 Å². The third kappa shape index (κ3) is 6.48. The molecule has 1 heterocycles. The van der Waals surface area contributed by atoms with Crippen molar-refractivity contribution in [2.24, 2.45) is 5.41 Å². The van der Waals surface area contributed by atoms with Crippen molar-refractivity contribution in [3.05, 3.63) is 35.7 Å². The van der Waals surface area contributed by atoms with Crippen LogP contribution in [0.2, 0.25) is 0 Å². The third-order valence-corrected chi connectivity index (χ3v) is 4.26. The Morgan fingerprint density at radius 2 is 1.62 bits per heavy atom. The van der Waals surface area contributed by atoms with Gasteiger partial charge < -0.3 is 10.1 Å². The summed E-state index contributed by atoms with van der Waals surface area (Å²) in [5.41, 5.74) is 1.56. The van der Waals surface area contributed by atoms with Crippen LogP contribution in [-0.4, -0.2) is 27.8 Å². The van der Waals surface area contributed by atoms with Crippen molar-refractivity contribution in [2.45, 2.75) is 58.7 Å². The van der Waals surface area contributed by atoms with Crippen LogP contribution in [0.3, 0.4) is 0 Å². The lowest BCUT2D eigenvalue weighted by molar-refractivity contribution is 0.294. The zero-order valence-corrected chi connectivity index (χ0v) is 17.7. The smallest absolute Gasteiger partial charge is 0.227 e. The van der Waals surface area contributed by atoms with Gasteiger partial charge in [0.15, 0.2) is 11.0 Å². The van der Waals surface area contributed by atoms with E-state index >= 15 is 0 Å². The van der Waals surface area contributed by atoms with Gasteiger partial charge in [0.05, 0.1) is 0 Å². The minimum Gasteiger partial charge on any atom is -0.486 e. The van der Waals surface area contributed by atoms with Gasteiger partial charge in [-0.25, -0.2) is 4.98 Å². The molecule has 6 heteroatoms. The van der Waals surface area contributed by atoms with Crippen LogP contribution in [0.15, 0.2) is 29.4 Å². The van der Waals surface area contributed by atoms with Crippen molar-refractivity contribution in [2.75, 3.05) is 18.1 Å². The Hall–Kier alpha value is -1.82. The van der Waals surface area contributed by atoms with E-state index in [9.17, 15) is 0 Å². The molecule has 2 aromatic rings. The van der Waals surface area contributed by atoms with Crippen LogP contribution in [0.5, 0.6) is 5.75 Å². The Morgan fingerprint density at radius 1 is 0.962 bits per heavy atom. The Kier molecular flexibility index (Phi) is 6.50. The molecule has 0 aliphatic rings. The maximum atomic E-state index is 5.87. The number of rotatable bonds is 6. The summed E-state index contributed by atoms with van der Waals surface area (Å²) in [6.07, 6.45) is 1.96. The first-order valence-electron chi connectivity index (χ1n) is 8.83. The lowest BCUT2D eigenvalue weighted by Gasteiger charge is -2.19. The molecule has 5 nitrogen and oxygen atoms in total. The van der Waals surface area contributed by atoms with Crippen LogP contribution in [0.1, 0.15) is 52.9 Å². The Balaban J connectivity index is 2.06. The molecule has 0 aliphatic carbocycles. The van der Waals surface area contributed by atoms with E-state index in [0.29, 0.717) is 23.5 Å². The lowest BCUT2D eigenvalue weighted by Crippen LogP contribution is -2.21. The summed E-state index contributed by atoms with van der Waals surface area (Å²) in [6, 6.07) is 8.20. The summed E-state index contributed by atoms with van der Waals surface area (Å²) < 4.78 is 5.87. The molecule has 0 saturated carbocycles. The fourth-order valence-electron chi connectivity index (χ4n) is 2.18. The zero-order chi connectivity index (χ0) is 19.4. The predicted molar refractivity (Wildman–Crippen MR) is 109 cm³/mol. The first-order valence-corrected chi connectivity index (χ1v) is 10.1. The molecule has 26 heavy (non-hydrogen) atoms. The highest BCUT2D eigenvalue weighted by Gasteiger charge is 2.14. The van der Waals surface area contributed by atoms with Gasteiger partial charge in [0, 0.05) is 6.54 Å². The van der Waals surface area contributed by atoms with Crippen molar-refractivity contribution in [1.82, 2.24) is 15.0 Å². The van der Waals surface area contributed by atoms with Crippen molar-refractivity contribution in [3.8, 4) is 5.75 Å². The van der Waals surface area contributed by atoms with Gasteiger partial charge in [-0.05, 0) is 34.8 Å². The molecule has 2 rings (SSSR count). The molecule has 0 fully saturated rings. The van der Waals surface area contributed by atoms with E-state index in [-0.39, 0.29) is 10.8 Å². The standard InChI is InChI=1S/C20H30N4OS/c1-19(2,3)13-21-17-22-16(23-18(24-17)26-7)12-25-15-10-8-14(9-11-15)20(4,5)6/h8-11H,12-13H2,1-7H3,(H,21,22,23,24). The van der Waals surface area contributed by atoms with Crippen LogP contribution in [-0.2, 0) is 12.0 Å². The topological polar surface area (TPSA) is 59.9 Å². The van der Waals surface area contributed by atoms with E-state index in [1.54, 1.807) is 0 Å². The molecule has 1 aromatic heterocycles. The van der Waals surface area contributed by atoms with Gasteiger partial charge in [-0.15, -0.1) is 0 Å². The van der Waals surface area contributed by atoms with E-state index < -0.39 is 0 Å². The maximum Gasteiger partial charge on any atom is 0.227 e. The van der Waals surface area contributed by atoms with Gasteiger partial charge in [0.1, 0.15) is 12.4 Å². The maximum absolute atomic E-state index is 5.87. The van der Waals surface area contributed by atoms with E-state index in [0.717, 1.165) is 12.3 Å². The van der Waals surface area contributed by atoms with E-state index in [4.69, 9.17) is 4.74 Å². The monoisotopic (exact) mass is 374 g/mol. The molecule has 0 spiro atoms. The molecule has 1 aromatic carbocycles. The molecule has 0 saturated heterocycles. The zero-order valence-electron chi connectivity index (χ0n) is 16.9. The number of anilines is 1. The van der Waals surface area contributed by atoms with Gasteiger partial charge in [0.25, 0.3) is 0 Å². The highest BCUT2D eigenvalue weighted by molar-refractivity contribution is 7.98. The highest BCUT2D eigenvalue weighted by Crippen LogP contribution is 2.24. The highest BCUT2D eigenvalue weighted by atomic mass is 32.2. The largest absolute Gasteiger partial charge is 0.486 e. The number of thioether (sulfide) groups is 1. The molecule has 142 valence electrons. The second-order valence-corrected chi connectivity index (χ2v) is 9.31. The van der Waals surface area contributed by atoms with Crippen LogP contribution in [0.25, 0.3) is 0 Å². The fourth-order valence-corrected chi connectivity index (χ4v) is 2.55. The number of nitrogens with zero attached hydrogens (tertiary/aromatic N) is 3. The molecule has 1 N–H and O–H groups in total. The molecular formula is C20H30N4OS. The van der Waals surface area contributed by atoms with Gasteiger partial charge in [-0.2, -0.15) is 9.97 Å². The van der Waals surface area contributed by atoms with Crippen molar-refractivity contribution in [1.29, 1.82) is 0 Å². The van der Waals surface area contributed by atoms with Crippen LogP contribution in [0, 0.1) is 5.41 Å². The average Bonchev–Trinajstić information content (AvgIpc) is 2.57. The normalized spacial score (nSPS) is 12.1. The van der Waals surface area contributed by atoms with Crippen molar-refractivity contribution in [3.63, 3.8) is 0 Å². The summed E-state index contributed by atoms with van der Waals surface area (Å²) in [5.74, 6) is 2.04. The number of aromatic nitrogens is 3. The van der Waals surface area contributed by atoms with E-state index in [1.165, 1.54) is 17.3 Å². The SMILES string of the molecule is CSc1nc(COc2ccc(C(C)(C)C)cc2)nc(NCC(C)(C)C)n1. The Morgan fingerprint density at radius 3 is 2.15 bits per heavy atom. The second-order valence-electron chi connectivity index (χ2n) is 8.54. The summed E-state index contributed by atoms with van der Waals surface area (Å²) in [5, 5.41) is 3.98. The molecule has 0 atom stereocenters. The Labute approximate surface area is 161 Å². The van der Waals surface area contributed by atoms with Crippen LogP contribution >= 0.6 is 11.8 Å². The number of hydrogen-bond acceptors (Lipinski definition) is 6. The molecule has 0 radical (unpaired) electrons. The van der Waals surface area contributed by atoms with Crippen molar-refractivity contribution >= 4 is 17.7 Å². The number of benzene rings is 1. The summed E-state index contributed by atoms with van der Waals surface area (Å²) >= 11 is 1.50. The summed E-state index contributed by atoms with van der Waals surface area (Å²) in [4.78, 5) is 13.4. The fraction of sp³-hybridized carbons (Fsp3) is 0.550. The molecule has 0 bridgehead atoms. The van der Waals surface area contributed by atoms with E-state index in [2.05, 4.69) is 73.9 Å². The van der Waals surface area contributed by atoms with Crippen molar-refractivity contribution < 1.29 is 4.74 Å². The van der Waals surface area contributed by atoms with E-state index in [1.807, 2.05) is 18.4 Å². The number of nitrogens with one attached hydrogen (secondary N) is 1. The minimum absolute atomic E-state index is 0.133. The second kappa shape index (κ2) is 8.25. The van der Waals surface area contributed by atoms with Crippen LogP contribution < -0.4 is 10.1 Å².